The number of methoxy groups -OCH3 is 1. The van der Waals surface area contributed by atoms with Crippen molar-refractivity contribution in [2.24, 2.45) is 0 Å². The van der Waals surface area contributed by atoms with Gasteiger partial charge < -0.3 is 9.84 Å². The SMILES string of the molecule is CCC(COC)N1CCc2sccc2C1C(=O)O. The summed E-state index contributed by atoms with van der Waals surface area (Å²) in [5.41, 5.74) is 0.966. The average molecular weight is 269 g/mol. The smallest absolute Gasteiger partial charge is 0.325 e. The van der Waals surface area contributed by atoms with Crippen molar-refractivity contribution in [3.05, 3.63) is 21.9 Å². The zero-order chi connectivity index (χ0) is 13.1. The molecule has 0 bridgehead atoms. The van der Waals surface area contributed by atoms with Crippen LogP contribution in [-0.2, 0) is 16.0 Å². The van der Waals surface area contributed by atoms with Crippen LogP contribution < -0.4 is 0 Å². The maximum Gasteiger partial charge on any atom is 0.325 e. The van der Waals surface area contributed by atoms with Gasteiger partial charge in [0.1, 0.15) is 6.04 Å². The molecule has 0 spiro atoms. The molecule has 2 rings (SSSR count). The lowest BCUT2D eigenvalue weighted by atomic mass is 9.97. The number of carboxylic acids is 1. The Kier molecular flexibility index (Phi) is 4.37. The first-order chi connectivity index (χ1) is 8.69. The van der Waals surface area contributed by atoms with E-state index in [2.05, 4.69) is 11.8 Å². The van der Waals surface area contributed by atoms with E-state index in [0.29, 0.717) is 6.61 Å². The van der Waals surface area contributed by atoms with Crippen molar-refractivity contribution in [2.75, 3.05) is 20.3 Å². The van der Waals surface area contributed by atoms with Crippen molar-refractivity contribution in [2.45, 2.75) is 31.8 Å². The summed E-state index contributed by atoms with van der Waals surface area (Å²) in [5, 5.41) is 11.5. The zero-order valence-electron chi connectivity index (χ0n) is 10.8. The average Bonchev–Trinajstić information content (AvgIpc) is 2.82. The van der Waals surface area contributed by atoms with Crippen LogP contribution in [0.1, 0.15) is 29.8 Å². The molecule has 5 heteroatoms. The number of hydrogen-bond acceptors (Lipinski definition) is 4. The highest BCUT2D eigenvalue weighted by Gasteiger charge is 2.36. The molecule has 1 aliphatic heterocycles. The van der Waals surface area contributed by atoms with Crippen LogP contribution in [0, 0.1) is 0 Å². The van der Waals surface area contributed by atoms with Crippen molar-refractivity contribution in [1.29, 1.82) is 0 Å². The van der Waals surface area contributed by atoms with Crippen LogP contribution in [-0.4, -0.2) is 42.3 Å². The fraction of sp³-hybridized carbons (Fsp3) is 0.615. The van der Waals surface area contributed by atoms with E-state index in [4.69, 9.17) is 4.74 Å². The molecular weight excluding hydrogens is 250 g/mol. The van der Waals surface area contributed by atoms with Crippen LogP contribution in [0.2, 0.25) is 0 Å². The number of hydrogen-bond donors (Lipinski definition) is 1. The van der Waals surface area contributed by atoms with Crippen molar-refractivity contribution in [3.8, 4) is 0 Å². The molecule has 0 saturated carbocycles. The summed E-state index contributed by atoms with van der Waals surface area (Å²) in [6, 6.07) is 1.61. The standard InChI is InChI=1S/C13H19NO3S/c1-3-9(8-17-2)14-6-4-11-10(5-7-18-11)12(14)13(15)16/h5,7,9,12H,3-4,6,8H2,1-2H3,(H,15,16). The Hall–Kier alpha value is -0.910. The van der Waals surface area contributed by atoms with Crippen molar-refractivity contribution >= 4 is 17.3 Å². The lowest BCUT2D eigenvalue weighted by Gasteiger charge is -2.38. The number of ether oxygens (including phenoxy) is 1. The Labute approximate surface area is 111 Å². The Morgan fingerprint density at radius 1 is 1.72 bits per heavy atom. The summed E-state index contributed by atoms with van der Waals surface area (Å²) in [5.74, 6) is -0.760. The maximum absolute atomic E-state index is 11.6. The second kappa shape index (κ2) is 5.82. The third-order valence-electron chi connectivity index (χ3n) is 3.54. The molecule has 0 radical (unpaired) electrons. The molecule has 1 aromatic heterocycles. The topological polar surface area (TPSA) is 49.8 Å². The van der Waals surface area contributed by atoms with Gasteiger partial charge in [-0.2, -0.15) is 0 Å². The lowest BCUT2D eigenvalue weighted by molar-refractivity contribution is -0.145. The van der Waals surface area contributed by atoms with Gasteiger partial charge in [-0.05, 0) is 29.9 Å². The van der Waals surface area contributed by atoms with Crippen LogP contribution in [0.3, 0.4) is 0 Å². The number of rotatable bonds is 5. The second-order valence-corrected chi connectivity index (χ2v) is 5.55. The Bertz CT molecular complexity index is 418. The number of thiophene rings is 1. The molecule has 2 unspecified atom stereocenters. The first kappa shape index (κ1) is 13.5. The normalized spacial score (nSPS) is 21.6. The number of carboxylic acid groups (broad SMARTS) is 1. The molecule has 2 heterocycles. The van der Waals surface area contributed by atoms with Crippen LogP contribution >= 0.6 is 11.3 Å². The quantitative estimate of drug-likeness (QED) is 0.890. The van der Waals surface area contributed by atoms with Gasteiger partial charge in [0.25, 0.3) is 0 Å². The predicted octanol–water partition coefficient (Wildman–Crippen LogP) is 2.16. The number of fused-ring (bicyclic) bond motifs is 1. The van der Waals surface area contributed by atoms with Gasteiger partial charge in [-0.1, -0.05) is 6.92 Å². The van der Waals surface area contributed by atoms with E-state index in [9.17, 15) is 9.90 Å². The summed E-state index contributed by atoms with van der Waals surface area (Å²) >= 11 is 1.66. The van der Waals surface area contributed by atoms with E-state index >= 15 is 0 Å². The van der Waals surface area contributed by atoms with Crippen LogP contribution in [0.15, 0.2) is 11.4 Å². The van der Waals surface area contributed by atoms with E-state index < -0.39 is 12.0 Å². The van der Waals surface area contributed by atoms with Gasteiger partial charge in [-0.3, -0.25) is 9.69 Å². The summed E-state index contributed by atoms with van der Waals surface area (Å²) < 4.78 is 5.21. The Balaban J connectivity index is 2.28. The minimum Gasteiger partial charge on any atom is -0.480 e. The van der Waals surface area contributed by atoms with E-state index in [1.54, 1.807) is 18.4 Å². The number of aliphatic carboxylic acids is 1. The monoisotopic (exact) mass is 269 g/mol. The van der Waals surface area contributed by atoms with Crippen LogP contribution in [0.4, 0.5) is 0 Å². The van der Waals surface area contributed by atoms with E-state index in [1.807, 2.05) is 11.4 Å². The molecule has 0 amide bonds. The summed E-state index contributed by atoms with van der Waals surface area (Å²) in [4.78, 5) is 14.9. The van der Waals surface area contributed by atoms with Gasteiger partial charge >= 0.3 is 5.97 Å². The number of carbonyl (C=O) groups is 1. The molecule has 4 nitrogen and oxygen atoms in total. The molecule has 100 valence electrons. The predicted molar refractivity (Wildman–Crippen MR) is 71.1 cm³/mol. The van der Waals surface area contributed by atoms with E-state index in [0.717, 1.165) is 24.9 Å². The fourth-order valence-electron chi connectivity index (χ4n) is 2.64. The minimum atomic E-state index is -0.760. The molecule has 0 aliphatic carbocycles. The summed E-state index contributed by atoms with van der Waals surface area (Å²) in [6.45, 7) is 3.46. The van der Waals surface area contributed by atoms with Gasteiger partial charge in [-0.25, -0.2) is 0 Å². The highest BCUT2D eigenvalue weighted by molar-refractivity contribution is 7.10. The number of nitrogens with zero attached hydrogens (tertiary/aromatic N) is 1. The fourth-order valence-corrected chi connectivity index (χ4v) is 3.55. The minimum absolute atomic E-state index is 0.171. The molecule has 1 N–H and O–H groups in total. The first-order valence-corrected chi connectivity index (χ1v) is 7.10. The second-order valence-electron chi connectivity index (χ2n) is 4.55. The molecule has 0 fully saturated rings. The van der Waals surface area contributed by atoms with Gasteiger partial charge in [0.2, 0.25) is 0 Å². The van der Waals surface area contributed by atoms with E-state index in [1.165, 1.54) is 4.88 Å². The van der Waals surface area contributed by atoms with Gasteiger partial charge in [0.15, 0.2) is 0 Å². The molecule has 1 aliphatic rings. The van der Waals surface area contributed by atoms with Crippen molar-refractivity contribution < 1.29 is 14.6 Å². The molecule has 0 saturated heterocycles. The zero-order valence-corrected chi connectivity index (χ0v) is 11.6. The maximum atomic E-state index is 11.6. The lowest BCUT2D eigenvalue weighted by Crippen LogP contribution is -2.47. The van der Waals surface area contributed by atoms with Crippen molar-refractivity contribution in [1.82, 2.24) is 4.90 Å². The molecule has 18 heavy (non-hydrogen) atoms. The Morgan fingerprint density at radius 2 is 2.50 bits per heavy atom. The van der Waals surface area contributed by atoms with Gasteiger partial charge in [-0.15, -0.1) is 11.3 Å². The molecule has 1 aromatic rings. The van der Waals surface area contributed by atoms with Crippen molar-refractivity contribution in [3.63, 3.8) is 0 Å². The third-order valence-corrected chi connectivity index (χ3v) is 4.53. The highest BCUT2D eigenvalue weighted by atomic mass is 32.1. The van der Waals surface area contributed by atoms with Gasteiger partial charge in [0, 0.05) is 24.6 Å². The van der Waals surface area contributed by atoms with Crippen LogP contribution in [0.5, 0.6) is 0 Å². The molecular formula is C13H19NO3S. The van der Waals surface area contributed by atoms with E-state index in [-0.39, 0.29) is 6.04 Å². The summed E-state index contributed by atoms with van der Waals surface area (Å²) in [6.07, 6.45) is 1.84. The summed E-state index contributed by atoms with van der Waals surface area (Å²) in [7, 11) is 1.67. The van der Waals surface area contributed by atoms with Crippen LogP contribution in [0.25, 0.3) is 0 Å². The first-order valence-electron chi connectivity index (χ1n) is 6.22. The largest absolute Gasteiger partial charge is 0.480 e. The molecule has 0 aromatic carbocycles. The highest BCUT2D eigenvalue weighted by Crippen LogP contribution is 2.35. The Morgan fingerprint density at radius 3 is 3.11 bits per heavy atom. The molecule has 2 atom stereocenters. The third kappa shape index (κ3) is 2.43. The van der Waals surface area contributed by atoms with Gasteiger partial charge in [0.05, 0.1) is 6.61 Å².